The lowest BCUT2D eigenvalue weighted by atomic mass is 10.2. The maximum absolute atomic E-state index is 12.1. The van der Waals surface area contributed by atoms with E-state index in [4.69, 9.17) is 16.7 Å². The maximum atomic E-state index is 12.1. The number of rotatable bonds is 6. The van der Waals surface area contributed by atoms with Gasteiger partial charge in [-0.25, -0.2) is 0 Å². The molecule has 0 atom stereocenters. The zero-order chi connectivity index (χ0) is 13.5. The zero-order valence-electron chi connectivity index (χ0n) is 9.80. The molecule has 1 amide bonds. The predicted molar refractivity (Wildman–Crippen MR) is 69.8 cm³/mol. The van der Waals surface area contributed by atoms with Gasteiger partial charge in [0.2, 0.25) is 0 Å². The summed E-state index contributed by atoms with van der Waals surface area (Å²) in [7, 11) is 0. The van der Waals surface area contributed by atoms with Gasteiger partial charge in [-0.2, -0.15) is 0 Å². The molecule has 1 N–H and O–H groups in total. The van der Waals surface area contributed by atoms with Crippen molar-refractivity contribution in [1.82, 2.24) is 4.90 Å². The van der Waals surface area contributed by atoms with Crippen LogP contribution in [-0.4, -0.2) is 35.0 Å². The van der Waals surface area contributed by atoms with Gasteiger partial charge >= 0.3 is 5.97 Å². The Morgan fingerprint density at radius 2 is 2.17 bits per heavy atom. The molecule has 1 aromatic rings. The van der Waals surface area contributed by atoms with Gasteiger partial charge in [-0.15, -0.1) is 6.58 Å². The average Bonchev–Trinajstić information content (AvgIpc) is 2.33. The predicted octanol–water partition coefficient (Wildman–Crippen LogP) is 2.44. The summed E-state index contributed by atoms with van der Waals surface area (Å²) < 4.78 is 0. The molecule has 5 heteroatoms. The van der Waals surface area contributed by atoms with Crippen LogP contribution in [0.2, 0.25) is 5.02 Å². The highest BCUT2D eigenvalue weighted by Gasteiger charge is 2.15. The number of hydrogen-bond acceptors (Lipinski definition) is 2. The van der Waals surface area contributed by atoms with Crippen LogP contribution in [0.15, 0.2) is 36.9 Å². The highest BCUT2D eigenvalue weighted by Crippen LogP contribution is 2.13. The Labute approximate surface area is 110 Å². The van der Waals surface area contributed by atoms with E-state index in [-0.39, 0.29) is 18.9 Å². The number of hydrogen-bond donors (Lipinski definition) is 1. The van der Waals surface area contributed by atoms with Gasteiger partial charge in [-0.3, -0.25) is 9.59 Å². The molecule has 0 radical (unpaired) electrons. The molecule has 1 rings (SSSR count). The molecule has 18 heavy (non-hydrogen) atoms. The Morgan fingerprint density at radius 3 is 2.72 bits per heavy atom. The number of halogens is 1. The third-order valence-corrected chi connectivity index (χ3v) is 2.54. The van der Waals surface area contributed by atoms with E-state index in [0.717, 1.165) is 0 Å². The lowest BCUT2D eigenvalue weighted by Gasteiger charge is -2.20. The first-order valence-corrected chi connectivity index (χ1v) is 5.80. The Hall–Kier alpha value is -1.81. The largest absolute Gasteiger partial charge is 0.481 e. The van der Waals surface area contributed by atoms with Gasteiger partial charge in [0.25, 0.3) is 5.91 Å². The standard InChI is InChI=1S/C13H14ClNO3/c1-2-7-15(8-6-12(16)17)13(18)10-4-3-5-11(14)9-10/h2-5,9H,1,6-8H2,(H,16,17). The molecule has 0 fully saturated rings. The van der Waals surface area contributed by atoms with Gasteiger partial charge in [0.1, 0.15) is 0 Å². The Kier molecular flexibility index (Phi) is 5.39. The van der Waals surface area contributed by atoms with E-state index in [9.17, 15) is 9.59 Å². The molecule has 0 aromatic heterocycles. The van der Waals surface area contributed by atoms with Gasteiger partial charge in [-0.1, -0.05) is 23.7 Å². The van der Waals surface area contributed by atoms with E-state index in [1.54, 1.807) is 30.3 Å². The van der Waals surface area contributed by atoms with Crippen LogP contribution in [0.5, 0.6) is 0 Å². The van der Waals surface area contributed by atoms with Gasteiger partial charge in [-0.05, 0) is 18.2 Å². The van der Waals surface area contributed by atoms with Crippen molar-refractivity contribution in [3.8, 4) is 0 Å². The summed E-state index contributed by atoms with van der Waals surface area (Å²) in [5, 5.41) is 9.11. The van der Waals surface area contributed by atoms with Crippen LogP contribution in [0, 0.1) is 0 Å². The Morgan fingerprint density at radius 1 is 1.44 bits per heavy atom. The molecule has 0 aliphatic rings. The lowest BCUT2D eigenvalue weighted by Crippen LogP contribution is -2.33. The number of amides is 1. The van der Waals surface area contributed by atoms with Crippen molar-refractivity contribution >= 4 is 23.5 Å². The van der Waals surface area contributed by atoms with Crippen molar-refractivity contribution in [3.05, 3.63) is 47.5 Å². The lowest BCUT2D eigenvalue weighted by molar-refractivity contribution is -0.137. The fourth-order valence-electron chi connectivity index (χ4n) is 1.47. The molecule has 0 bridgehead atoms. The molecular weight excluding hydrogens is 254 g/mol. The maximum Gasteiger partial charge on any atom is 0.305 e. The highest BCUT2D eigenvalue weighted by molar-refractivity contribution is 6.30. The van der Waals surface area contributed by atoms with E-state index in [2.05, 4.69) is 6.58 Å². The molecule has 0 saturated heterocycles. The molecule has 0 aliphatic heterocycles. The Bertz CT molecular complexity index is 459. The zero-order valence-corrected chi connectivity index (χ0v) is 10.6. The molecule has 0 unspecified atom stereocenters. The van der Waals surface area contributed by atoms with Crippen molar-refractivity contribution in [1.29, 1.82) is 0 Å². The first-order chi connectivity index (χ1) is 8.54. The summed E-state index contributed by atoms with van der Waals surface area (Å²) in [5.74, 6) is -1.19. The smallest absolute Gasteiger partial charge is 0.305 e. The molecule has 0 saturated carbocycles. The first kappa shape index (κ1) is 14.3. The molecule has 0 heterocycles. The summed E-state index contributed by atoms with van der Waals surface area (Å²) in [6, 6.07) is 6.55. The molecule has 0 spiro atoms. The second-order valence-electron chi connectivity index (χ2n) is 3.69. The van der Waals surface area contributed by atoms with Crippen LogP contribution in [0.4, 0.5) is 0 Å². The number of carboxylic acids is 1. The topological polar surface area (TPSA) is 57.6 Å². The van der Waals surface area contributed by atoms with E-state index < -0.39 is 5.97 Å². The van der Waals surface area contributed by atoms with Gasteiger partial charge < -0.3 is 10.0 Å². The number of benzene rings is 1. The fraction of sp³-hybridized carbons (Fsp3) is 0.231. The average molecular weight is 268 g/mol. The Balaban J connectivity index is 2.81. The minimum atomic E-state index is -0.942. The van der Waals surface area contributed by atoms with Gasteiger partial charge in [0.05, 0.1) is 6.42 Å². The van der Waals surface area contributed by atoms with E-state index >= 15 is 0 Å². The highest BCUT2D eigenvalue weighted by atomic mass is 35.5. The van der Waals surface area contributed by atoms with Crippen molar-refractivity contribution in [2.45, 2.75) is 6.42 Å². The van der Waals surface area contributed by atoms with Gasteiger partial charge in [0, 0.05) is 23.7 Å². The van der Waals surface area contributed by atoms with Crippen molar-refractivity contribution in [3.63, 3.8) is 0 Å². The number of carbonyl (C=O) groups excluding carboxylic acids is 1. The van der Waals surface area contributed by atoms with Crippen LogP contribution in [0.25, 0.3) is 0 Å². The molecule has 4 nitrogen and oxygen atoms in total. The second kappa shape index (κ2) is 6.81. The number of carboxylic acid groups (broad SMARTS) is 1. The van der Waals surface area contributed by atoms with Gasteiger partial charge in [0.15, 0.2) is 0 Å². The van der Waals surface area contributed by atoms with Crippen LogP contribution >= 0.6 is 11.6 Å². The normalized spacial score (nSPS) is 9.83. The summed E-state index contributed by atoms with van der Waals surface area (Å²) in [5.41, 5.74) is 0.440. The molecule has 0 aliphatic carbocycles. The number of nitrogens with zero attached hydrogens (tertiary/aromatic N) is 1. The SMILES string of the molecule is C=CCN(CCC(=O)O)C(=O)c1cccc(Cl)c1. The summed E-state index contributed by atoms with van der Waals surface area (Å²) in [4.78, 5) is 24.1. The minimum Gasteiger partial charge on any atom is -0.481 e. The van der Waals surface area contributed by atoms with Crippen LogP contribution < -0.4 is 0 Å². The van der Waals surface area contributed by atoms with Crippen molar-refractivity contribution in [2.24, 2.45) is 0 Å². The van der Waals surface area contributed by atoms with Crippen LogP contribution in [0.3, 0.4) is 0 Å². The van der Waals surface area contributed by atoms with E-state index in [1.165, 1.54) is 4.90 Å². The summed E-state index contributed by atoms with van der Waals surface area (Å²) >= 11 is 5.81. The third-order valence-electron chi connectivity index (χ3n) is 2.30. The number of aliphatic carboxylic acids is 1. The summed E-state index contributed by atoms with van der Waals surface area (Å²) in [6.07, 6.45) is 1.46. The molecule has 96 valence electrons. The monoisotopic (exact) mass is 267 g/mol. The second-order valence-corrected chi connectivity index (χ2v) is 4.13. The molecule has 1 aromatic carbocycles. The van der Waals surface area contributed by atoms with Crippen molar-refractivity contribution < 1.29 is 14.7 Å². The van der Waals surface area contributed by atoms with E-state index in [0.29, 0.717) is 17.1 Å². The summed E-state index contributed by atoms with van der Waals surface area (Å²) in [6.45, 7) is 4.00. The van der Waals surface area contributed by atoms with E-state index in [1.807, 2.05) is 0 Å². The quantitative estimate of drug-likeness (QED) is 0.806. The number of carbonyl (C=O) groups is 2. The minimum absolute atomic E-state index is 0.0971. The fourth-order valence-corrected chi connectivity index (χ4v) is 1.66. The third kappa shape index (κ3) is 4.22. The molecular formula is C13H14ClNO3. The first-order valence-electron chi connectivity index (χ1n) is 5.42. The van der Waals surface area contributed by atoms with Crippen LogP contribution in [-0.2, 0) is 4.79 Å². The van der Waals surface area contributed by atoms with Crippen LogP contribution in [0.1, 0.15) is 16.8 Å². The van der Waals surface area contributed by atoms with Crippen molar-refractivity contribution in [2.75, 3.05) is 13.1 Å².